The van der Waals surface area contributed by atoms with Crippen LogP contribution in [-0.4, -0.2) is 26.2 Å². The van der Waals surface area contributed by atoms with Gasteiger partial charge >= 0.3 is 51.4 Å². The summed E-state index contributed by atoms with van der Waals surface area (Å²) >= 11 is 0. The standard InChI is InChI=1S/C22H24N6O2.K/c1-15(24-7-8-25-20-13-26-27-14-20)16-5-4-6-19(10-16)28-21(29)17-9-18(12-23-11-17)22(2,3)30;/h4-6,8-15,24,26,30H,1-3H3,(H,28,29);/q-2;+1. The van der Waals surface area contributed by atoms with Gasteiger partial charge in [-0.15, -0.1) is 12.4 Å². The molecule has 0 bridgehead atoms. The summed E-state index contributed by atoms with van der Waals surface area (Å²) in [6, 6.07) is 9.12. The number of amides is 1. The smallest absolute Gasteiger partial charge is 0.560 e. The van der Waals surface area contributed by atoms with Gasteiger partial charge in [-0.3, -0.25) is 14.9 Å². The van der Waals surface area contributed by atoms with Crippen molar-refractivity contribution in [3.63, 3.8) is 0 Å². The second-order valence-electron chi connectivity index (χ2n) is 7.33. The largest absolute Gasteiger partial charge is 1.00 e. The van der Waals surface area contributed by atoms with Crippen molar-refractivity contribution < 1.29 is 61.3 Å². The van der Waals surface area contributed by atoms with Crippen LogP contribution in [0.4, 0.5) is 5.69 Å². The molecule has 31 heavy (non-hydrogen) atoms. The number of aromatic amines is 1. The fourth-order valence-corrected chi connectivity index (χ4v) is 2.65. The van der Waals surface area contributed by atoms with Crippen LogP contribution in [0.2, 0.25) is 0 Å². The van der Waals surface area contributed by atoms with Gasteiger partial charge in [-0.25, -0.2) is 0 Å². The first-order valence-electron chi connectivity index (χ1n) is 9.44. The number of aliphatic hydroxyl groups is 1. The van der Waals surface area contributed by atoms with Crippen molar-refractivity contribution in [1.82, 2.24) is 20.5 Å². The molecule has 4 N–H and O–H groups in total. The predicted octanol–water partition coefficient (Wildman–Crippen LogP) is -0.467. The summed E-state index contributed by atoms with van der Waals surface area (Å²) < 4.78 is 0. The third-order valence-corrected chi connectivity index (χ3v) is 4.41. The SMILES string of the molecule is CC(N[C-]=CN=c1cn[nH][cH-]1)c1cccc(NC(=O)c2cncc(C(C)(C)O)c2)c1.[K+]. The molecule has 0 spiro atoms. The van der Waals surface area contributed by atoms with Crippen molar-refractivity contribution in [2.75, 3.05) is 5.32 Å². The molecule has 3 aromatic rings. The van der Waals surface area contributed by atoms with Gasteiger partial charge in [-0.1, -0.05) is 23.7 Å². The molecule has 0 aliphatic carbocycles. The molecule has 1 amide bonds. The molecule has 2 aromatic heterocycles. The van der Waals surface area contributed by atoms with Gasteiger partial charge in [0.2, 0.25) is 0 Å². The second-order valence-corrected chi connectivity index (χ2v) is 7.33. The molecule has 3 rings (SSSR count). The number of aromatic nitrogens is 3. The van der Waals surface area contributed by atoms with E-state index in [0.717, 1.165) is 5.56 Å². The molecule has 0 saturated heterocycles. The van der Waals surface area contributed by atoms with Gasteiger partial charge in [0.1, 0.15) is 0 Å². The van der Waals surface area contributed by atoms with Crippen LogP contribution in [-0.2, 0) is 5.60 Å². The van der Waals surface area contributed by atoms with Gasteiger partial charge in [0.05, 0.1) is 11.2 Å². The molecule has 0 saturated carbocycles. The number of hydrogen-bond acceptors (Lipinski definition) is 6. The van der Waals surface area contributed by atoms with E-state index in [4.69, 9.17) is 0 Å². The van der Waals surface area contributed by atoms with E-state index in [2.05, 4.69) is 37.0 Å². The number of H-pyrrole nitrogens is 1. The fraction of sp³-hybridized carbons (Fsp3) is 0.227. The number of rotatable bonds is 7. The molecule has 0 radical (unpaired) electrons. The Kier molecular flexibility index (Phi) is 9.42. The van der Waals surface area contributed by atoms with Gasteiger partial charge in [-0.2, -0.15) is 0 Å². The van der Waals surface area contributed by atoms with Gasteiger partial charge < -0.3 is 32.0 Å². The molecule has 156 valence electrons. The summed E-state index contributed by atoms with van der Waals surface area (Å²) in [6.45, 7) is 5.28. The normalized spacial score (nSPS) is 13.0. The zero-order valence-electron chi connectivity index (χ0n) is 18.0. The quantitative estimate of drug-likeness (QED) is 0.224. The molecule has 1 unspecified atom stereocenters. The van der Waals surface area contributed by atoms with Crippen molar-refractivity contribution in [3.05, 3.63) is 89.6 Å². The molecular weight excluding hydrogens is 419 g/mol. The van der Waals surface area contributed by atoms with E-state index in [1.54, 1.807) is 38.5 Å². The van der Waals surface area contributed by atoms with Crippen LogP contribution in [0.3, 0.4) is 0 Å². The average molecular weight is 444 g/mol. The first-order chi connectivity index (χ1) is 14.3. The topological polar surface area (TPSA) is 115 Å². The van der Waals surface area contributed by atoms with Crippen LogP contribution in [0.15, 0.2) is 66.3 Å². The summed E-state index contributed by atoms with van der Waals surface area (Å²) in [5.41, 5.74) is 1.51. The zero-order chi connectivity index (χ0) is 21.6. The van der Waals surface area contributed by atoms with E-state index in [0.29, 0.717) is 22.2 Å². The molecule has 1 aromatic carbocycles. The summed E-state index contributed by atoms with van der Waals surface area (Å²) in [6.07, 6.45) is 10.8. The zero-order valence-corrected chi connectivity index (χ0v) is 21.2. The van der Waals surface area contributed by atoms with Crippen LogP contribution >= 0.6 is 0 Å². The summed E-state index contributed by atoms with van der Waals surface area (Å²) in [4.78, 5) is 20.8. The van der Waals surface area contributed by atoms with Crippen LogP contribution in [0.1, 0.15) is 48.3 Å². The predicted molar refractivity (Wildman–Crippen MR) is 113 cm³/mol. The maximum Gasteiger partial charge on any atom is 1.00 e. The molecule has 2 heterocycles. The van der Waals surface area contributed by atoms with Gasteiger partial charge in [0, 0.05) is 29.7 Å². The molecule has 8 nitrogen and oxygen atoms in total. The number of carbonyl (C=O) groups is 1. The van der Waals surface area contributed by atoms with E-state index in [9.17, 15) is 9.90 Å². The van der Waals surface area contributed by atoms with E-state index >= 15 is 0 Å². The Hall–Kier alpha value is -2.01. The van der Waals surface area contributed by atoms with Crippen LogP contribution in [0.25, 0.3) is 0 Å². The minimum Gasteiger partial charge on any atom is -0.560 e. The Bertz CT molecular complexity index is 1080. The number of nitrogens with zero attached hydrogens (tertiary/aromatic N) is 3. The number of pyridine rings is 1. The van der Waals surface area contributed by atoms with Crippen molar-refractivity contribution >= 4 is 11.6 Å². The van der Waals surface area contributed by atoms with Gasteiger partial charge in [-0.05, 0) is 44.5 Å². The third-order valence-electron chi connectivity index (χ3n) is 4.41. The van der Waals surface area contributed by atoms with E-state index < -0.39 is 5.60 Å². The minimum atomic E-state index is -1.07. The van der Waals surface area contributed by atoms with Crippen molar-refractivity contribution in [3.8, 4) is 0 Å². The van der Waals surface area contributed by atoms with Crippen molar-refractivity contribution in [2.45, 2.75) is 32.4 Å². The van der Waals surface area contributed by atoms with Crippen molar-refractivity contribution in [1.29, 1.82) is 0 Å². The molecule has 0 aliphatic rings. The summed E-state index contributed by atoms with van der Waals surface area (Å²) in [5.74, 6) is -0.295. The monoisotopic (exact) mass is 443 g/mol. The van der Waals surface area contributed by atoms with Crippen molar-refractivity contribution in [2.24, 2.45) is 4.99 Å². The third kappa shape index (κ3) is 7.56. The van der Waals surface area contributed by atoms with Crippen LogP contribution < -0.4 is 67.4 Å². The van der Waals surface area contributed by atoms with E-state index in [-0.39, 0.29) is 63.3 Å². The Morgan fingerprint density at radius 3 is 2.84 bits per heavy atom. The second kappa shape index (κ2) is 11.6. The summed E-state index contributed by atoms with van der Waals surface area (Å²) in [5, 5.41) is 23.3. The number of nitrogens with one attached hydrogen (secondary N) is 3. The number of anilines is 1. The number of benzene rings is 1. The molecule has 1 atom stereocenters. The first kappa shape index (κ1) is 25.2. The molecular formula is C22H24KN6O2-. The number of hydrogen-bond donors (Lipinski definition) is 4. The average Bonchev–Trinajstić information content (AvgIpc) is 3.24. The van der Waals surface area contributed by atoms with Crippen LogP contribution in [0, 0.1) is 6.20 Å². The summed E-state index contributed by atoms with van der Waals surface area (Å²) in [7, 11) is 0. The van der Waals surface area contributed by atoms with E-state index in [1.165, 1.54) is 12.4 Å². The first-order valence-corrected chi connectivity index (χ1v) is 9.44. The Morgan fingerprint density at radius 1 is 1.32 bits per heavy atom. The minimum absolute atomic E-state index is 0. The molecule has 9 heteroatoms. The maximum absolute atomic E-state index is 12.6. The van der Waals surface area contributed by atoms with Crippen LogP contribution in [0.5, 0.6) is 0 Å². The molecule has 0 fully saturated rings. The van der Waals surface area contributed by atoms with E-state index in [1.807, 2.05) is 31.2 Å². The Balaban J connectivity index is 0.00000341. The Morgan fingerprint density at radius 2 is 2.13 bits per heavy atom. The Labute approximate surface area is 223 Å². The van der Waals surface area contributed by atoms with Gasteiger partial charge in [0.15, 0.2) is 0 Å². The molecule has 0 aliphatic heterocycles. The van der Waals surface area contributed by atoms with Gasteiger partial charge in [0.25, 0.3) is 5.91 Å². The fourth-order valence-electron chi connectivity index (χ4n) is 2.65. The number of carbonyl (C=O) groups excluding carboxylic acids is 1. The maximum atomic E-state index is 12.6.